The Kier molecular flexibility index (Phi) is 5.52. The van der Waals surface area contributed by atoms with Gasteiger partial charge in [0, 0.05) is 19.0 Å². The first-order chi connectivity index (χ1) is 12.0. The van der Waals surface area contributed by atoms with Crippen molar-refractivity contribution in [2.24, 2.45) is 5.73 Å². The molecular weight excluding hydrogens is 359 g/mol. The molecule has 6 heteroatoms. The molecule has 1 aliphatic carbocycles. The minimum Gasteiger partial charge on any atom is -0.484 e. The van der Waals surface area contributed by atoms with Crippen LogP contribution in [0.5, 0.6) is 5.75 Å². The molecule has 2 atom stereocenters. The van der Waals surface area contributed by atoms with E-state index in [2.05, 4.69) is 5.32 Å². The molecular formula is C19H20Cl2N2O2. The summed E-state index contributed by atoms with van der Waals surface area (Å²) in [6.07, 6.45) is 1.82. The molecule has 0 spiro atoms. The van der Waals surface area contributed by atoms with Crippen LogP contribution in [0.4, 0.5) is 0 Å². The predicted octanol–water partition coefficient (Wildman–Crippen LogP) is 4.04. The van der Waals surface area contributed by atoms with E-state index in [9.17, 15) is 4.79 Å². The van der Waals surface area contributed by atoms with Crippen LogP contribution in [-0.4, -0.2) is 19.6 Å². The van der Waals surface area contributed by atoms with Gasteiger partial charge in [0.25, 0.3) is 5.91 Å². The summed E-state index contributed by atoms with van der Waals surface area (Å²) in [6, 6.07) is 11.6. The fourth-order valence-corrected chi connectivity index (χ4v) is 3.54. The normalized spacial score (nSPS) is 19.2. The van der Waals surface area contributed by atoms with Crippen LogP contribution in [0.1, 0.15) is 41.5 Å². The average Bonchev–Trinajstić information content (AvgIpc) is 2.62. The number of benzene rings is 2. The second kappa shape index (κ2) is 7.65. The minimum absolute atomic E-state index is 0.0131. The average molecular weight is 379 g/mol. The minimum atomic E-state index is -0.171. The van der Waals surface area contributed by atoms with Crippen LogP contribution < -0.4 is 15.8 Å². The number of nitrogens with one attached hydrogen (secondary N) is 1. The van der Waals surface area contributed by atoms with E-state index in [1.165, 1.54) is 5.56 Å². The summed E-state index contributed by atoms with van der Waals surface area (Å²) in [7, 11) is 1.58. The molecule has 3 rings (SSSR count). The van der Waals surface area contributed by atoms with Gasteiger partial charge in [0.05, 0.1) is 10.0 Å². The molecule has 132 valence electrons. The lowest BCUT2D eigenvalue weighted by Crippen LogP contribution is -2.25. The van der Waals surface area contributed by atoms with Crippen LogP contribution in [0.15, 0.2) is 36.4 Å². The number of amides is 1. The van der Waals surface area contributed by atoms with Gasteiger partial charge in [-0.05, 0) is 53.8 Å². The molecule has 0 aromatic heterocycles. The third kappa shape index (κ3) is 3.92. The van der Waals surface area contributed by atoms with Crippen molar-refractivity contribution in [2.45, 2.75) is 24.8 Å². The van der Waals surface area contributed by atoms with Crippen LogP contribution in [0.2, 0.25) is 10.0 Å². The van der Waals surface area contributed by atoms with Crippen LogP contribution in [-0.2, 0) is 4.79 Å². The van der Waals surface area contributed by atoms with Gasteiger partial charge in [-0.1, -0.05) is 35.3 Å². The summed E-state index contributed by atoms with van der Waals surface area (Å²) in [6.45, 7) is -0.0131. The number of carbonyl (C=O) groups is 1. The van der Waals surface area contributed by atoms with Crippen LogP contribution >= 0.6 is 23.2 Å². The third-order valence-corrected chi connectivity index (χ3v) is 5.33. The Balaban J connectivity index is 1.90. The SMILES string of the molecule is CNC(=O)COc1ccc2c(c1)C(N)CC[C@H]2c1ccc(Cl)c(Cl)c1. The molecule has 2 aromatic carbocycles. The number of carbonyl (C=O) groups excluding carboxylic acids is 1. The lowest BCUT2D eigenvalue weighted by Gasteiger charge is -2.30. The summed E-state index contributed by atoms with van der Waals surface area (Å²) < 4.78 is 5.54. The standard InChI is InChI=1S/C19H20Cl2N2O2/c1-23-19(24)10-25-12-3-4-14-13(5-7-18(22)15(14)9-12)11-2-6-16(20)17(21)8-11/h2-4,6,8-9,13,18H,5,7,10,22H2,1H3,(H,23,24)/t13-,18?/m0/s1. The van der Waals surface area contributed by atoms with Gasteiger partial charge in [0.15, 0.2) is 6.61 Å². The molecule has 0 radical (unpaired) electrons. The Morgan fingerprint density at radius 3 is 2.68 bits per heavy atom. The molecule has 0 saturated carbocycles. The number of nitrogens with two attached hydrogens (primary N) is 1. The zero-order valence-electron chi connectivity index (χ0n) is 13.9. The maximum atomic E-state index is 11.4. The fraction of sp³-hybridized carbons (Fsp3) is 0.316. The molecule has 2 aromatic rings. The Labute approximate surface area is 157 Å². The lowest BCUT2D eigenvalue weighted by molar-refractivity contribution is -0.122. The monoisotopic (exact) mass is 378 g/mol. The van der Waals surface area contributed by atoms with Gasteiger partial charge in [-0.3, -0.25) is 4.79 Å². The Morgan fingerprint density at radius 2 is 1.96 bits per heavy atom. The van der Waals surface area contributed by atoms with E-state index in [1.54, 1.807) is 7.05 Å². The number of fused-ring (bicyclic) bond motifs is 1. The zero-order valence-corrected chi connectivity index (χ0v) is 15.4. The van der Waals surface area contributed by atoms with Gasteiger partial charge in [-0.15, -0.1) is 0 Å². The molecule has 25 heavy (non-hydrogen) atoms. The third-order valence-electron chi connectivity index (χ3n) is 4.59. The highest BCUT2D eigenvalue weighted by molar-refractivity contribution is 6.42. The first-order valence-corrected chi connectivity index (χ1v) is 8.93. The first-order valence-electron chi connectivity index (χ1n) is 8.17. The number of rotatable bonds is 4. The van der Waals surface area contributed by atoms with Crippen LogP contribution in [0.3, 0.4) is 0 Å². The van der Waals surface area contributed by atoms with Gasteiger partial charge < -0.3 is 15.8 Å². The largest absolute Gasteiger partial charge is 0.484 e. The molecule has 0 aliphatic heterocycles. The van der Waals surface area contributed by atoms with Crippen molar-refractivity contribution in [3.8, 4) is 5.75 Å². The molecule has 1 aliphatic rings. The number of hydrogen-bond donors (Lipinski definition) is 2. The molecule has 4 nitrogen and oxygen atoms in total. The molecule has 0 saturated heterocycles. The predicted molar refractivity (Wildman–Crippen MR) is 100 cm³/mol. The van der Waals surface area contributed by atoms with Gasteiger partial charge in [-0.2, -0.15) is 0 Å². The molecule has 3 N–H and O–H groups in total. The van der Waals surface area contributed by atoms with E-state index in [4.69, 9.17) is 33.7 Å². The zero-order chi connectivity index (χ0) is 18.0. The van der Waals surface area contributed by atoms with E-state index in [0.29, 0.717) is 15.8 Å². The summed E-state index contributed by atoms with van der Waals surface area (Å²) in [4.78, 5) is 11.4. The van der Waals surface area contributed by atoms with Crippen molar-refractivity contribution in [2.75, 3.05) is 13.7 Å². The molecule has 1 amide bonds. The quantitative estimate of drug-likeness (QED) is 0.843. The Bertz CT molecular complexity index is 795. The van der Waals surface area contributed by atoms with E-state index in [-0.39, 0.29) is 24.5 Å². The van der Waals surface area contributed by atoms with Crippen LogP contribution in [0.25, 0.3) is 0 Å². The van der Waals surface area contributed by atoms with Crippen molar-refractivity contribution in [3.05, 3.63) is 63.1 Å². The number of hydrogen-bond acceptors (Lipinski definition) is 3. The molecule has 0 fully saturated rings. The van der Waals surface area contributed by atoms with Gasteiger partial charge >= 0.3 is 0 Å². The van der Waals surface area contributed by atoms with Crippen molar-refractivity contribution in [1.29, 1.82) is 0 Å². The summed E-state index contributed by atoms with van der Waals surface area (Å²) >= 11 is 12.2. The molecule has 1 unspecified atom stereocenters. The van der Waals surface area contributed by atoms with Crippen molar-refractivity contribution in [3.63, 3.8) is 0 Å². The highest BCUT2D eigenvalue weighted by Gasteiger charge is 2.27. The van der Waals surface area contributed by atoms with E-state index in [1.807, 2.05) is 36.4 Å². The molecule has 0 heterocycles. The Hall–Kier alpha value is -1.75. The summed E-state index contributed by atoms with van der Waals surface area (Å²) in [5.74, 6) is 0.695. The second-order valence-electron chi connectivity index (χ2n) is 6.16. The number of ether oxygens (including phenoxy) is 1. The van der Waals surface area contributed by atoms with Gasteiger partial charge in [-0.25, -0.2) is 0 Å². The summed E-state index contributed by atoms with van der Waals surface area (Å²) in [5, 5.41) is 3.64. The van der Waals surface area contributed by atoms with E-state index >= 15 is 0 Å². The van der Waals surface area contributed by atoms with E-state index in [0.717, 1.165) is 24.0 Å². The number of likely N-dealkylation sites (N-methyl/N-ethyl adjacent to an activating group) is 1. The molecule has 0 bridgehead atoms. The highest BCUT2D eigenvalue weighted by atomic mass is 35.5. The maximum Gasteiger partial charge on any atom is 0.257 e. The van der Waals surface area contributed by atoms with Crippen molar-refractivity contribution in [1.82, 2.24) is 5.32 Å². The topological polar surface area (TPSA) is 64.3 Å². The second-order valence-corrected chi connectivity index (χ2v) is 6.98. The smallest absolute Gasteiger partial charge is 0.257 e. The van der Waals surface area contributed by atoms with Crippen LogP contribution in [0, 0.1) is 0 Å². The number of halogens is 2. The van der Waals surface area contributed by atoms with Gasteiger partial charge in [0.1, 0.15) is 5.75 Å². The Morgan fingerprint density at radius 1 is 1.16 bits per heavy atom. The first kappa shape index (κ1) is 18.1. The van der Waals surface area contributed by atoms with Gasteiger partial charge in [0.2, 0.25) is 0 Å². The maximum absolute atomic E-state index is 11.4. The lowest BCUT2D eigenvalue weighted by atomic mass is 9.77. The summed E-state index contributed by atoms with van der Waals surface area (Å²) in [5.41, 5.74) is 9.66. The van der Waals surface area contributed by atoms with E-state index < -0.39 is 0 Å². The van der Waals surface area contributed by atoms with Crippen molar-refractivity contribution < 1.29 is 9.53 Å². The highest BCUT2D eigenvalue weighted by Crippen LogP contribution is 2.42. The fourth-order valence-electron chi connectivity index (χ4n) is 3.23. The van der Waals surface area contributed by atoms with Crippen molar-refractivity contribution >= 4 is 29.1 Å².